The highest BCUT2D eigenvalue weighted by atomic mass is 32.2. The summed E-state index contributed by atoms with van der Waals surface area (Å²) in [6.45, 7) is 0.617. The Morgan fingerprint density at radius 1 is 1.29 bits per heavy atom. The van der Waals surface area contributed by atoms with Crippen molar-refractivity contribution in [1.29, 1.82) is 0 Å². The molecule has 1 aliphatic rings. The van der Waals surface area contributed by atoms with E-state index >= 15 is 0 Å². The van der Waals surface area contributed by atoms with E-state index in [-0.39, 0.29) is 24.8 Å². The lowest BCUT2D eigenvalue weighted by Crippen LogP contribution is -2.51. The summed E-state index contributed by atoms with van der Waals surface area (Å²) < 4.78 is 30.9. The Labute approximate surface area is 124 Å². The first-order valence-corrected chi connectivity index (χ1v) is 8.20. The molecule has 1 saturated heterocycles. The molecule has 116 valence electrons. The normalized spacial score (nSPS) is 17.0. The second-order valence-electron chi connectivity index (χ2n) is 4.85. The molecule has 0 spiro atoms. The van der Waals surface area contributed by atoms with Crippen LogP contribution in [0.15, 0.2) is 24.3 Å². The number of likely N-dealkylation sites (N-methyl/N-ethyl adjacent to an activating group) is 1. The van der Waals surface area contributed by atoms with Crippen molar-refractivity contribution in [2.45, 2.75) is 0 Å². The van der Waals surface area contributed by atoms with E-state index in [1.54, 1.807) is 31.3 Å². The fourth-order valence-corrected chi connectivity index (χ4v) is 3.19. The van der Waals surface area contributed by atoms with Gasteiger partial charge < -0.3 is 15.4 Å². The Kier molecular flexibility index (Phi) is 4.69. The molecule has 2 rings (SSSR count). The van der Waals surface area contributed by atoms with Gasteiger partial charge in [0, 0.05) is 20.1 Å². The Balaban J connectivity index is 1.90. The maximum absolute atomic E-state index is 12.2. The second-order valence-corrected chi connectivity index (χ2v) is 6.94. The highest BCUT2D eigenvalue weighted by Gasteiger charge is 2.29. The van der Waals surface area contributed by atoms with Crippen molar-refractivity contribution >= 4 is 21.6 Å². The van der Waals surface area contributed by atoms with Crippen LogP contribution < -0.4 is 10.5 Å². The quantitative estimate of drug-likeness (QED) is 0.757. The third-order valence-corrected chi connectivity index (χ3v) is 5.11. The molecule has 0 aromatic heterocycles. The molecule has 2 N–H and O–H groups in total. The van der Waals surface area contributed by atoms with Crippen LogP contribution in [-0.4, -0.2) is 62.6 Å². The zero-order valence-electron chi connectivity index (χ0n) is 11.9. The van der Waals surface area contributed by atoms with Crippen LogP contribution in [0, 0.1) is 0 Å². The first kappa shape index (κ1) is 15.6. The van der Waals surface area contributed by atoms with Crippen LogP contribution >= 0.6 is 0 Å². The Hall–Kier alpha value is -1.80. The molecule has 7 nitrogen and oxygen atoms in total. The van der Waals surface area contributed by atoms with Gasteiger partial charge in [-0.05, 0) is 12.1 Å². The van der Waals surface area contributed by atoms with Crippen LogP contribution in [0.25, 0.3) is 0 Å². The summed E-state index contributed by atoms with van der Waals surface area (Å²) in [7, 11) is -1.84. The van der Waals surface area contributed by atoms with Crippen LogP contribution in [0.5, 0.6) is 5.75 Å². The van der Waals surface area contributed by atoms with Crippen molar-refractivity contribution in [3.05, 3.63) is 24.3 Å². The van der Waals surface area contributed by atoms with E-state index in [1.165, 1.54) is 9.21 Å². The van der Waals surface area contributed by atoms with E-state index in [0.717, 1.165) is 0 Å². The molecule has 1 aliphatic heterocycles. The number of amides is 1. The summed E-state index contributed by atoms with van der Waals surface area (Å²) in [6.07, 6.45) is 0. The largest absolute Gasteiger partial charge is 0.490 e. The van der Waals surface area contributed by atoms with E-state index in [2.05, 4.69) is 0 Å². The summed E-state index contributed by atoms with van der Waals surface area (Å²) in [4.78, 5) is 13.1. The number of rotatable bonds is 5. The minimum absolute atomic E-state index is 0.00290. The number of hydrogen-bond acceptors (Lipinski definition) is 5. The maximum atomic E-state index is 12.2. The molecular formula is C13H19N3O4S. The van der Waals surface area contributed by atoms with Crippen LogP contribution in [-0.2, 0) is 14.8 Å². The predicted molar refractivity (Wildman–Crippen MR) is 79.3 cm³/mol. The van der Waals surface area contributed by atoms with Gasteiger partial charge in [-0.15, -0.1) is 0 Å². The average Bonchev–Trinajstić information content (AvgIpc) is 2.44. The number of hydrogen-bond donors (Lipinski definition) is 1. The van der Waals surface area contributed by atoms with Crippen LogP contribution in [0.4, 0.5) is 5.69 Å². The van der Waals surface area contributed by atoms with Gasteiger partial charge in [0.15, 0.2) is 0 Å². The monoisotopic (exact) mass is 313 g/mol. The van der Waals surface area contributed by atoms with Crippen LogP contribution in [0.1, 0.15) is 0 Å². The molecule has 1 amide bonds. The molecule has 0 unspecified atom stereocenters. The molecule has 8 heteroatoms. The number of para-hydroxylation sites is 2. The molecule has 21 heavy (non-hydrogen) atoms. The Bertz CT molecular complexity index is 618. The highest BCUT2D eigenvalue weighted by Crippen LogP contribution is 2.19. The van der Waals surface area contributed by atoms with Crippen LogP contribution in [0.2, 0.25) is 0 Å². The summed E-state index contributed by atoms with van der Waals surface area (Å²) in [5, 5.41) is 0. The van der Waals surface area contributed by atoms with Gasteiger partial charge in [-0.3, -0.25) is 4.79 Å². The molecule has 0 bridgehead atoms. The van der Waals surface area contributed by atoms with E-state index in [4.69, 9.17) is 10.5 Å². The minimum Gasteiger partial charge on any atom is -0.490 e. The number of carbonyl (C=O) groups is 1. The molecule has 1 heterocycles. The van der Waals surface area contributed by atoms with Gasteiger partial charge in [0.25, 0.3) is 0 Å². The smallest absolute Gasteiger partial charge is 0.237 e. The Morgan fingerprint density at radius 3 is 2.67 bits per heavy atom. The number of carbonyl (C=O) groups excluding carboxylic acids is 1. The van der Waals surface area contributed by atoms with E-state index in [1.807, 2.05) is 0 Å². The SMILES string of the molecule is CN1CCN(S(=O)(=O)CCOc2ccccc2N)CC1=O. The summed E-state index contributed by atoms with van der Waals surface area (Å²) in [6, 6.07) is 6.90. The Morgan fingerprint density at radius 2 is 2.00 bits per heavy atom. The first-order valence-electron chi connectivity index (χ1n) is 6.59. The van der Waals surface area contributed by atoms with Crippen molar-refractivity contribution in [3.63, 3.8) is 0 Å². The number of nitrogens with zero attached hydrogens (tertiary/aromatic N) is 2. The van der Waals surface area contributed by atoms with E-state index < -0.39 is 10.0 Å². The zero-order chi connectivity index (χ0) is 15.5. The van der Waals surface area contributed by atoms with Crippen molar-refractivity contribution in [2.75, 3.05) is 44.8 Å². The molecule has 0 saturated carbocycles. The second kappa shape index (κ2) is 6.31. The molecule has 0 aliphatic carbocycles. The summed E-state index contributed by atoms with van der Waals surface area (Å²) in [5.74, 6) is 0.0819. The minimum atomic E-state index is -3.50. The maximum Gasteiger partial charge on any atom is 0.237 e. The van der Waals surface area contributed by atoms with Gasteiger partial charge in [-0.2, -0.15) is 4.31 Å². The van der Waals surface area contributed by atoms with E-state index in [9.17, 15) is 13.2 Å². The third kappa shape index (κ3) is 3.85. The van der Waals surface area contributed by atoms with Crippen LogP contribution in [0.3, 0.4) is 0 Å². The van der Waals surface area contributed by atoms with Crippen molar-refractivity contribution in [3.8, 4) is 5.75 Å². The zero-order valence-corrected chi connectivity index (χ0v) is 12.7. The average molecular weight is 313 g/mol. The highest BCUT2D eigenvalue weighted by molar-refractivity contribution is 7.89. The molecular weight excluding hydrogens is 294 g/mol. The van der Waals surface area contributed by atoms with E-state index in [0.29, 0.717) is 24.5 Å². The number of sulfonamides is 1. The lowest BCUT2D eigenvalue weighted by Gasteiger charge is -2.31. The number of anilines is 1. The van der Waals surface area contributed by atoms with Crippen molar-refractivity contribution in [2.24, 2.45) is 0 Å². The van der Waals surface area contributed by atoms with Gasteiger partial charge in [0.2, 0.25) is 15.9 Å². The lowest BCUT2D eigenvalue weighted by atomic mass is 10.3. The predicted octanol–water partition coefficient (Wildman–Crippen LogP) is -0.249. The van der Waals surface area contributed by atoms with Gasteiger partial charge in [0.1, 0.15) is 12.4 Å². The fraction of sp³-hybridized carbons (Fsp3) is 0.462. The van der Waals surface area contributed by atoms with Crippen molar-refractivity contribution in [1.82, 2.24) is 9.21 Å². The topological polar surface area (TPSA) is 92.9 Å². The van der Waals surface area contributed by atoms with Gasteiger partial charge in [0.05, 0.1) is 18.0 Å². The third-order valence-electron chi connectivity index (χ3n) is 3.33. The molecule has 1 aromatic carbocycles. The first-order chi connectivity index (χ1) is 9.90. The standard InChI is InChI=1S/C13H19N3O4S/c1-15-6-7-16(10-13(15)17)21(18,19)9-8-20-12-5-3-2-4-11(12)14/h2-5H,6-10,14H2,1H3. The molecule has 1 aromatic rings. The molecule has 1 fully saturated rings. The summed E-state index contributed by atoms with van der Waals surface area (Å²) in [5.41, 5.74) is 6.17. The fourth-order valence-electron chi connectivity index (χ4n) is 1.97. The molecule has 0 atom stereocenters. The molecule has 0 radical (unpaired) electrons. The lowest BCUT2D eigenvalue weighted by molar-refractivity contribution is -0.132. The van der Waals surface area contributed by atoms with Crippen molar-refractivity contribution < 1.29 is 17.9 Å². The number of benzene rings is 1. The number of ether oxygens (including phenoxy) is 1. The number of piperazine rings is 1. The summed E-state index contributed by atoms with van der Waals surface area (Å²) >= 11 is 0. The van der Waals surface area contributed by atoms with Gasteiger partial charge in [-0.1, -0.05) is 12.1 Å². The number of nitrogen functional groups attached to an aromatic ring is 1. The van der Waals surface area contributed by atoms with Gasteiger partial charge in [-0.25, -0.2) is 8.42 Å². The number of nitrogens with two attached hydrogens (primary N) is 1. The van der Waals surface area contributed by atoms with Gasteiger partial charge >= 0.3 is 0 Å².